The second-order valence-corrected chi connectivity index (χ2v) is 18.2. The second kappa shape index (κ2) is 37.6. The van der Waals surface area contributed by atoms with Crippen LogP contribution in [0.1, 0.15) is 241 Å². The molecule has 0 aliphatic rings. The molecular weight excluding hydrogens is 779 g/mol. The Morgan fingerprint density at radius 1 is 0.492 bits per heavy atom. The fraction of sp³-hybridized carbons (Fsp3) is 0.898. The third kappa shape index (κ3) is 34.3. The topological polar surface area (TPSA) is 175 Å². The number of aliphatic hydroxyl groups is 1. The maximum atomic E-state index is 13.1. The minimum Gasteiger partial charge on any atom is -0.481 e. The highest BCUT2D eigenvalue weighted by atomic mass is 16.6. The minimum absolute atomic E-state index is 0.0928. The Hall–Kier alpha value is -2.89. The number of nitrogens with one attached hydrogen (secondary N) is 1. The van der Waals surface area contributed by atoms with Crippen LogP contribution in [0, 0.1) is 5.92 Å². The standard InChI is InChI=1S/C49H91NO11/c1-8-10-12-14-16-18-20-22-24-26-28-30-32-35-41(51)58-39(3)45(54)44(47(55)56)46(60-43(53)37-34-38-50-48(57)61-49(5,6)7)40(4)59-42(52)36-33-31-29-27-25-23-21-19-17-15-13-11-9-2/h39-40,44-46,54H,8-38H2,1-7H3,(H,50,57)(H,55,56). The third-order valence-electron chi connectivity index (χ3n) is 11.0. The van der Waals surface area contributed by atoms with Crippen molar-refractivity contribution < 1.29 is 53.1 Å². The maximum absolute atomic E-state index is 13.1. The van der Waals surface area contributed by atoms with Crippen LogP contribution in [0.4, 0.5) is 4.79 Å². The predicted molar refractivity (Wildman–Crippen MR) is 242 cm³/mol. The van der Waals surface area contributed by atoms with Gasteiger partial charge in [0.1, 0.15) is 29.8 Å². The van der Waals surface area contributed by atoms with Crippen molar-refractivity contribution in [2.24, 2.45) is 5.92 Å². The fourth-order valence-electron chi connectivity index (χ4n) is 7.43. The summed E-state index contributed by atoms with van der Waals surface area (Å²) in [6.45, 7) is 12.6. The molecule has 1 amide bonds. The molecule has 12 nitrogen and oxygen atoms in total. The molecule has 0 aromatic carbocycles. The van der Waals surface area contributed by atoms with Gasteiger partial charge in [0.2, 0.25) is 0 Å². The summed E-state index contributed by atoms with van der Waals surface area (Å²) in [5, 5.41) is 24.2. The number of ether oxygens (including phenoxy) is 4. The van der Waals surface area contributed by atoms with Crippen LogP contribution >= 0.6 is 0 Å². The van der Waals surface area contributed by atoms with Crippen molar-refractivity contribution in [3.8, 4) is 0 Å². The van der Waals surface area contributed by atoms with Crippen molar-refractivity contribution in [3.63, 3.8) is 0 Å². The molecular formula is C49H91NO11. The van der Waals surface area contributed by atoms with Crippen LogP contribution in [0.25, 0.3) is 0 Å². The molecule has 61 heavy (non-hydrogen) atoms. The van der Waals surface area contributed by atoms with Crippen LogP contribution in [0.5, 0.6) is 0 Å². The highest BCUT2D eigenvalue weighted by molar-refractivity contribution is 5.75. The average Bonchev–Trinajstić information content (AvgIpc) is 3.18. The number of carbonyl (C=O) groups excluding carboxylic acids is 4. The van der Waals surface area contributed by atoms with E-state index in [0.29, 0.717) is 12.8 Å². The molecule has 0 aliphatic heterocycles. The summed E-state index contributed by atoms with van der Waals surface area (Å²) in [4.78, 5) is 63.5. The van der Waals surface area contributed by atoms with Gasteiger partial charge in [-0.15, -0.1) is 0 Å². The van der Waals surface area contributed by atoms with Gasteiger partial charge in [0.15, 0.2) is 6.10 Å². The lowest BCUT2D eigenvalue weighted by Crippen LogP contribution is -2.51. The lowest BCUT2D eigenvalue weighted by atomic mass is 9.89. The fourth-order valence-corrected chi connectivity index (χ4v) is 7.43. The third-order valence-corrected chi connectivity index (χ3v) is 11.0. The van der Waals surface area contributed by atoms with Gasteiger partial charge in [-0.2, -0.15) is 0 Å². The van der Waals surface area contributed by atoms with Gasteiger partial charge in [-0.3, -0.25) is 19.2 Å². The number of amides is 1. The number of aliphatic hydroxyl groups excluding tert-OH is 1. The van der Waals surface area contributed by atoms with E-state index in [2.05, 4.69) is 19.2 Å². The molecule has 0 aromatic heterocycles. The average molecular weight is 870 g/mol. The number of hydrogen-bond donors (Lipinski definition) is 3. The lowest BCUT2D eigenvalue weighted by Gasteiger charge is -2.33. The Labute approximate surface area is 371 Å². The van der Waals surface area contributed by atoms with Crippen LogP contribution < -0.4 is 5.32 Å². The first-order valence-electron chi connectivity index (χ1n) is 24.6. The number of carboxylic acid groups (broad SMARTS) is 1. The molecule has 12 heteroatoms. The van der Waals surface area contributed by atoms with Crippen LogP contribution in [-0.4, -0.2) is 76.7 Å². The van der Waals surface area contributed by atoms with Crippen molar-refractivity contribution in [1.29, 1.82) is 0 Å². The number of hydrogen-bond acceptors (Lipinski definition) is 10. The van der Waals surface area contributed by atoms with Gasteiger partial charge in [0.05, 0.1) is 0 Å². The molecule has 5 atom stereocenters. The van der Waals surface area contributed by atoms with Gasteiger partial charge in [0, 0.05) is 25.8 Å². The summed E-state index contributed by atoms with van der Waals surface area (Å²) in [5.41, 5.74) is -0.694. The van der Waals surface area contributed by atoms with Crippen LogP contribution in [-0.2, 0) is 38.1 Å². The van der Waals surface area contributed by atoms with E-state index < -0.39 is 65.9 Å². The number of unbranched alkanes of at least 4 members (excludes halogenated alkanes) is 24. The summed E-state index contributed by atoms with van der Waals surface area (Å²) < 4.78 is 21.9. The lowest BCUT2D eigenvalue weighted by molar-refractivity contribution is -0.189. The smallest absolute Gasteiger partial charge is 0.407 e. The Bertz CT molecular complexity index is 1140. The first-order chi connectivity index (χ1) is 29.1. The molecule has 0 rings (SSSR count). The molecule has 5 unspecified atom stereocenters. The molecule has 0 aliphatic carbocycles. The van der Waals surface area contributed by atoms with Gasteiger partial charge in [-0.1, -0.05) is 168 Å². The summed E-state index contributed by atoms with van der Waals surface area (Å²) in [6, 6.07) is 0. The zero-order chi connectivity index (χ0) is 45.7. The van der Waals surface area contributed by atoms with Gasteiger partial charge < -0.3 is 34.5 Å². The van der Waals surface area contributed by atoms with E-state index in [0.717, 1.165) is 38.5 Å². The minimum atomic E-state index is -1.78. The van der Waals surface area contributed by atoms with Crippen LogP contribution in [0.3, 0.4) is 0 Å². The number of esters is 3. The molecule has 0 saturated carbocycles. The SMILES string of the molecule is CCCCCCCCCCCCCCCC(=O)OC(C)C(O)C(C(=O)O)C(OC(=O)CCCNC(=O)OC(C)(C)C)C(C)OC(=O)CCCCCCCCCCCCCCC. The van der Waals surface area contributed by atoms with Gasteiger partial charge in [-0.05, 0) is 53.9 Å². The highest BCUT2D eigenvalue weighted by Gasteiger charge is 2.45. The van der Waals surface area contributed by atoms with E-state index in [1.54, 1.807) is 20.8 Å². The zero-order valence-corrected chi connectivity index (χ0v) is 39.9. The van der Waals surface area contributed by atoms with Crippen molar-refractivity contribution >= 4 is 30.0 Å². The predicted octanol–water partition coefficient (Wildman–Crippen LogP) is 12.1. The molecule has 0 spiro atoms. The molecule has 0 aromatic rings. The summed E-state index contributed by atoms with van der Waals surface area (Å²) in [7, 11) is 0. The monoisotopic (exact) mass is 870 g/mol. The summed E-state index contributed by atoms with van der Waals surface area (Å²) in [5.74, 6) is -5.20. The van der Waals surface area contributed by atoms with Gasteiger partial charge >= 0.3 is 30.0 Å². The normalized spacial score (nSPS) is 14.0. The Kier molecular flexibility index (Phi) is 35.9. The Morgan fingerprint density at radius 2 is 0.820 bits per heavy atom. The molecule has 0 heterocycles. The Morgan fingerprint density at radius 3 is 1.18 bits per heavy atom. The van der Waals surface area contributed by atoms with Crippen LogP contribution in [0.15, 0.2) is 0 Å². The van der Waals surface area contributed by atoms with E-state index in [9.17, 15) is 34.2 Å². The first-order valence-corrected chi connectivity index (χ1v) is 24.6. The largest absolute Gasteiger partial charge is 0.481 e. The number of carbonyl (C=O) groups is 5. The van der Waals surface area contributed by atoms with Crippen molar-refractivity contribution in [2.45, 2.75) is 271 Å². The van der Waals surface area contributed by atoms with Crippen molar-refractivity contribution in [3.05, 3.63) is 0 Å². The first kappa shape index (κ1) is 58.1. The highest BCUT2D eigenvalue weighted by Crippen LogP contribution is 2.25. The summed E-state index contributed by atoms with van der Waals surface area (Å²) >= 11 is 0. The number of aliphatic carboxylic acids is 1. The second-order valence-electron chi connectivity index (χ2n) is 18.2. The van der Waals surface area contributed by atoms with Gasteiger partial charge in [-0.25, -0.2) is 4.79 Å². The zero-order valence-electron chi connectivity index (χ0n) is 39.9. The summed E-state index contributed by atoms with van der Waals surface area (Å²) in [6.07, 6.45) is 24.0. The number of carboxylic acids is 1. The molecule has 0 radical (unpaired) electrons. The molecule has 0 fully saturated rings. The Balaban J connectivity index is 5.13. The quantitative estimate of drug-likeness (QED) is 0.0304. The van der Waals surface area contributed by atoms with Gasteiger partial charge in [0.25, 0.3) is 0 Å². The van der Waals surface area contributed by atoms with Crippen LogP contribution in [0.2, 0.25) is 0 Å². The maximum Gasteiger partial charge on any atom is 0.407 e. The van der Waals surface area contributed by atoms with E-state index in [4.69, 9.17) is 18.9 Å². The van der Waals surface area contributed by atoms with E-state index in [1.807, 2.05) is 0 Å². The number of alkyl carbamates (subject to hydrolysis) is 1. The molecule has 358 valence electrons. The molecule has 0 bridgehead atoms. The van der Waals surface area contributed by atoms with E-state index in [-0.39, 0.29) is 32.2 Å². The molecule has 3 N–H and O–H groups in total. The van der Waals surface area contributed by atoms with Crippen molar-refractivity contribution in [1.82, 2.24) is 5.32 Å². The van der Waals surface area contributed by atoms with Crippen molar-refractivity contribution in [2.75, 3.05) is 6.54 Å². The van der Waals surface area contributed by atoms with E-state index in [1.165, 1.54) is 129 Å². The molecule has 0 saturated heterocycles. The number of rotatable bonds is 40. The van der Waals surface area contributed by atoms with E-state index >= 15 is 0 Å².